The van der Waals surface area contributed by atoms with Gasteiger partial charge in [0, 0.05) is 12.8 Å². The molecule has 0 aliphatic heterocycles. The molecule has 0 aliphatic rings. The zero-order valence-electron chi connectivity index (χ0n) is 48.9. The van der Waals surface area contributed by atoms with Crippen LogP contribution in [0.4, 0.5) is 0 Å². The molecular formula is C63H120N2O7P+. The van der Waals surface area contributed by atoms with Gasteiger partial charge in [0.25, 0.3) is 0 Å². The summed E-state index contributed by atoms with van der Waals surface area (Å²) in [5.74, 6) is -0.518. The average molecular weight is 1050 g/mol. The summed E-state index contributed by atoms with van der Waals surface area (Å²) in [4.78, 5) is 37.7. The Hall–Kier alpha value is -2.03. The van der Waals surface area contributed by atoms with E-state index in [0.717, 1.165) is 77.0 Å². The third kappa shape index (κ3) is 54.6. The number of amides is 1. The highest BCUT2D eigenvalue weighted by Crippen LogP contribution is 2.43. The first-order valence-corrected chi connectivity index (χ1v) is 32.5. The van der Waals surface area contributed by atoms with E-state index in [1.54, 1.807) is 0 Å². The van der Waals surface area contributed by atoms with Crippen molar-refractivity contribution in [3.8, 4) is 0 Å². The van der Waals surface area contributed by atoms with Gasteiger partial charge < -0.3 is 19.4 Å². The smallest absolute Gasteiger partial charge is 0.456 e. The van der Waals surface area contributed by atoms with E-state index in [4.69, 9.17) is 13.8 Å². The summed E-state index contributed by atoms with van der Waals surface area (Å²) >= 11 is 0. The fraction of sp³-hybridized carbons (Fsp3) is 0.841. The number of likely N-dealkylation sites (N-methyl/N-ethyl adjacent to an activating group) is 1. The van der Waals surface area contributed by atoms with E-state index < -0.39 is 20.0 Å². The van der Waals surface area contributed by atoms with Crippen LogP contribution in [0.5, 0.6) is 0 Å². The molecule has 73 heavy (non-hydrogen) atoms. The van der Waals surface area contributed by atoms with Gasteiger partial charge in [-0.3, -0.25) is 18.6 Å². The van der Waals surface area contributed by atoms with Crippen LogP contribution in [0.25, 0.3) is 0 Å². The second-order valence-electron chi connectivity index (χ2n) is 22.2. The van der Waals surface area contributed by atoms with Gasteiger partial charge in [0.1, 0.15) is 19.3 Å². The summed E-state index contributed by atoms with van der Waals surface area (Å²) in [5, 5.41) is 3.05. The number of quaternary nitrogens is 1. The molecule has 428 valence electrons. The summed E-state index contributed by atoms with van der Waals surface area (Å²) in [6.07, 6.45) is 65.3. The van der Waals surface area contributed by atoms with E-state index in [9.17, 15) is 19.0 Å². The van der Waals surface area contributed by atoms with Gasteiger partial charge in [-0.2, -0.15) is 0 Å². The Kier molecular flexibility index (Phi) is 51.9. The Balaban J connectivity index is 5.24. The van der Waals surface area contributed by atoms with Gasteiger partial charge >= 0.3 is 13.8 Å². The van der Waals surface area contributed by atoms with Crippen molar-refractivity contribution in [2.24, 2.45) is 0 Å². The summed E-state index contributed by atoms with van der Waals surface area (Å²) in [5.41, 5.74) is 0. The highest BCUT2D eigenvalue weighted by Gasteiger charge is 2.30. The Morgan fingerprint density at radius 3 is 1.29 bits per heavy atom. The number of unbranched alkanes of at least 4 members (excludes halogenated alkanes) is 34. The minimum absolute atomic E-state index is 0.0378. The van der Waals surface area contributed by atoms with Crippen LogP contribution in [0, 0.1) is 0 Å². The molecule has 3 unspecified atom stereocenters. The lowest BCUT2D eigenvalue weighted by molar-refractivity contribution is -0.870. The first-order chi connectivity index (χ1) is 35.4. The monoisotopic (exact) mass is 1050 g/mol. The number of allylic oxidation sites excluding steroid dienone is 7. The first kappa shape index (κ1) is 71.0. The molecule has 1 amide bonds. The lowest BCUT2D eigenvalue weighted by Gasteiger charge is -2.27. The van der Waals surface area contributed by atoms with E-state index >= 15 is 0 Å². The maximum atomic E-state index is 13.5. The maximum absolute atomic E-state index is 13.5. The molecule has 2 N–H and O–H groups in total. The molecule has 10 heteroatoms. The number of ether oxygens (including phenoxy) is 1. The number of esters is 1. The van der Waals surface area contributed by atoms with Crippen LogP contribution in [0.1, 0.15) is 290 Å². The second-order valence-corrected chi connectivity index (χ2v) is 23.7. The second kappa shape index (κ2) is 53.4. The molecule has 0 saturated carbocycles. The Labute approximate surface area is 452 Å². The van der Waals surface area contributed by atoms with Crippen LogP contribution >= 0.6 is 7.82 Å². The van der Waals surface area contributed by atoms with Crippen molar-refractivity contribution in [3.63, 3.8) is 0 Å². The minimum atomic E-state index is -4.45. The molecule has 0 spiro atoms. The average Bonchev–Trinajstić information content (AvgIpc) is 3.35. The quantitative estimate of drug-likeness (QED) is 0.0205. The number of carbonyl (C=O) groups excluding carboxylic acids is 2. The molecule has 0 fully saturated rings. The van der Waals surface area contributed by atoms with Gasteiger partial charge in [-0.1, -0.05) is 237 Å². The van der Waals surface area contributed by atoms with Crippen LogP contribution in [-0.4, -0.2) is 74.3 Å². The largest absolute Gasteiger partial charge is 0.472 e. The lowest BCUT2D eigenvalue weighted by Crippen LogP contribution is -2.47. The standard InChI is InChI=1S/C63H119N2O7P/c1-7-10-13-16-19-22-25-28-29-30-31-32-33-34-35-38-41-44-47-50-53-56-63(67)72-61(54-51-48-45-42-39-36-26-23-20-17-14-11-8-2)60(59-71-73(68,69)70-58-57-65(4,5)6)64-62(66)55-52-49-46-43-40-37-27-24-21-18-15-12-9-3/h19,22,28-29,37,40,51,54,60-61H,7-18,20-21,23-27,30-36,38-39,41-50,52-53,55-59H2,1-6H3,(H-,64,66,68,69)/p+1/b22-19-,29-28-,40-37-,54-51-. The van der Waals surface area contributed by atoms with Crippen LogP contribution in [0.15, 0.2) is 48.6 Å². The normalized spacial score (nSPS) is 14.0. The fourth-order valence-electron chi connectivity index (χ4n) is 8.91. The molecule has 0 aromatic carbocycles. The fourth-order valence-corrected chi connectivity index (χ4v) is 9.64. The zero-order valence-corrected chi connectivity index (χ0v) is 49.8. The van der Waals surface area contributed by atoms with Crippen molar-refractivity contribution < 1.29 is 37.3 Å². The van der Waals surface area contributed by atoms with Crippen molar-refractivity contribution in [2.75, 3.05) is 40.9 Å². The lowest BCUT2D eigenvalue weighted by atomic mass is 10.0. The van der Waals surface area contributed by atoms with Crippen molar-refractivity contribution in [3.05, 3.63) is 48.6 Å². The molecule has 3 atom stereocenters. The van der Waals surface area contributed by atoms with Crippen molar-refractivity contribution in [1.29, 1.82) is 0 Å². The zero-order chi connectivity index (χ0) is 53.6. The predicted octanol–water partition coefficient (Wildman–Crippen LogP) is 18.9. The maximum Gasteiger partial charge on any atom is 0.472 e. The van der Waals surface area contributed by atoms with E-state index in [1.807, 2.05) is 33.3 Å². The van der Waals surface area contributed by atoms with Gasteiger partial charge in [-0.15, -0.1) is 0 Å². The molecule has 0 rings (SSSR count). The molecule has 0 bridgehead atoms. The van der Waals surface area contributed by atoms with Crippen LogP contribution in [0.3, 0.4) is 0 Å². The molecule has 0 aromatic heterocycles. The van der Waals surface area contributed by atoms with Crippen LogP contribution < -0.4 is 5.32 Å². The third-order valence-electron chi connectivity index (χ3n) is 13.7. The summed E-state index contributed by atoms with van der Waals surface area (Å²) < 4.78 is 30.7. The van der Waals surface area contributed by atoms with Gasteiger partial charge in [0.15, 0.2) is 0 Å². The topological polar surface area (TPSA) is 111 Å². The van der Waals surface area contributed by atoms with Crippen LogP contribution in [-0.2, 0) is 27.9 Å². The minimum Gasteiger partial charge on any atom is -0.456 e. The molecule has 0 aliphatic carbocycles. The first-order valence-electron chi connectivity index (χ1n) is 31.0. The Bertz CT molecular complexity index is 1390. The molecule has 9 nitrogen and oxygen atoms in total. The molecule has 0 radical (unpaired) electrons. The number of phosphoric acid groups is 1. The number of carbonyl (C=O) groups is 2. The summed E-state index contributed by atoms with van der Waals surface area (Å²) in [7, 11) is 1.49. The van der Waals surface area contributed by atoms with Crippen LogP contribution in [0.2, 0.25) is 0 Å². The molecule has 0 heterocycles. The van der Waals surface area contributed by atoms with Gasteiger partial charge in [-0.25, -0.2) is 4.57 Å². The van der Waals surface area contributed by atoms with Crippen molar-refractivity contribution in [1.82, 2.24) is 5.32 Å². The number of hydrogen-bond donors (Lipinski definition) is 2. The Morgan fingerprint density at radius 2 is 0.836 bits per heavy atom. The van der Waals surface area contributed by atoms with E-state index in [-0.39, 0.29) is 31.5 Å². The van der Waals surface area contributed by atoms with Gasteiger partial charge in [0.2, 0.25) is 5.91 Å². The molecular weight excluding hydrogens is 928 g/mol. The number of phosphoric ester groups is 1. The molecule has 0 saturated heterocycles. The number of rotatable bonds is 56. The number of nitrogens with one attached hydrogen (secondary N) is 1. The SMILES string of the molecule is CCCCC/C=C\C/C=C\CCCCCCCCCCCCCC(=O)OC(/C=C\CCCCCCCCCCCCC)C(COP(=O)(O)OCC[N+](C)(C)C)NC(=O)CCCCC/C=C\CCCCCCCC. The third-order valence-corrected chi connectivity index (χ3v) is 14.7. The van der Waals surface area contributed by atoms with E-state index in [0.29, 0.717) is 17.4 Å². The van der Waals surface area contributed by atoms with Gasteiger partial charge in [-0.05, 0) is 89.5 Å². The van der Waals surface area contributed by atoms with E-state index in [2.05, 4.69) is 62.5 Å². The number of hydrogen-bond acceptors (Lipinski definition) is 6. The summed E-state index contributed by atoms with van der Waals surface area (Å²) in [6, 6.07) is -0.855. The highest BCUT2D eigenvalue weighted by atomic mass is 31.2. The summed E-state index contributed by atoms with van der Waals surface area (Å²) in [6.45, 7) is 6.99. The number of nitrogens with zero attached hydrogens (tertiary/aromatic N) is 1. The van der Waals surface area contributed by atoms with Gasteiger partial charge in [0.05, 0.1) is 33.8 Å². The van der Waals surface area contributed by atoms with Crippen molar-refractivity contribution >= 4 is 19.7 Å². The highest BCUT2D eigenvalue weighted by molar-refractivity contribution is 7.47. The molecule has 0 aromatic rings. The predicted molar refractivity (Wildman–Crippen MR) is 314 cm³/mol. The van der Waals surface area contributed by atoms with E-state index in [1.165, 1.54) is 180 Å². The van der Waals surface area contributed by atoms with Crippen molar-refractivity contribution in [2.45, 2.75) is 303 Å². The Morgan fingerprint density at radius 1 is 0.479 bits per heavy atom.